The molecule has 3 nitrogen and oxygen atoms in total. The molecular formula is C20H16F6N2O. The third kappa shape index (κ3) is 5.10. The standard InChI is InChI=1S/C20H16F6N2O/c1-11(2)18-14-5-3-12(27-9-19(21,22)23)7-16(14)29-17-8-13(4-6-15(17)18)28-10-20(24,25)26/h3-8,27H,1,9-10H2,2H3. The maximum Gasteiger partial charge on any atom is 0.407 e. The smallest absolute Gasteiger partial charge is 0.407 e. The molecule has 0 saturated heterocycles. The molecule has 0 bridgehead atoms. The molecule has 2 aliphatic rings. The predicted molar refractivity (Wildman–Crippen MR) is 98.6 cm³/mol. The molecule has 1 heterocycles. The molecule has 0 radical (unpaired) electrons. The van der Waals surface area contributed by atoms with Crippen LogP contribution in [0, 0.1) is 0 Å². The second-order valence-electron chi connectivity index (χ2n) is 6.55. The predicted octanol–water partition coefficient (Wildman–Crippen LogP) is 6.01. The van der Waals surface area contributed by atoms with Crippen molar-refractivity contribution in [2.75, 3.05) is 18.4 Å². The lowest BCUT2D eigenvalue weighted by Gasteiger charge is -2.16. The van der Waals surface area contributed by atoms with Gasteiger partial charge in [-0.2, -0.15) is 26.3 Å². The highest BCUT2D eigenvalue weighted by molar-refractivity contribution is 5.98. The van der Waals surface area contributed by atoms with Crippen molar-refractivity contribution < 1.29 is 30.8 Å². The van der Waals surface area contributed by atoms with Crippen LogP contribution in [0.2, 0.25) is 0 Å². The number of nitrogens with one attached hydrogen (secondary N) is 1. The van der Waals surface area contributed by atoms with E-state index in [0.717, 1.165) is 0 Å². The van der Waals surface area contributed by atoms with E-state index in [9.17, 15) is 26.3 Å². The minimum atomic E-state index is -4.43. The van der Waals surface area contributed by atoms with Crippen LogP contribution >= 0.6 is 0 Å². The van der Waals surface area contributed by atoms with Crippen LogP contribution in [0.3, 0.4) is 0 Å². The van der Waals surface area contributed by atoms with Crippen molar-refractivity contribution in [3.05, 3.63) is 53.9 Å². The maximum absolute atomic E-state index is 12.4. The van der Waals surface area contributed by atoms with Crippen molar-refractivity contribution in [2.24, 2.45) is 4.99 Å². The number of fused-ring (bicyclic) bond motifs is 2. The van der Waals surface area contributed by atoms with E-state index in [1.165, 1.54) is 24.3 Å². The zero-order valence-electron chi connectivity index (χ0n) is 15.2. The van der Waals surface area contributed by atoms with Gasteiger partial charge < -0.3 is 9.73 Å². The van der Waals surface area contributed by atoms with E-state index in [4.69, 9.17) is 4.42 Å². The summed E-state index contributed by atoms with van der Waals surface area (Å²) in [5.41, 5.74) is 2.46. The second-order valence-corrected chi connectivity index (χ2v) is 6.55. The molecule has 1 aromatic rings. The third-order valence-electron chi connectivity index (χ3n) is 4.07. The second kappa shape index (κ2) is 7.46. The normalized spacial score (nSPS) is 13.3. The molecular weight excluding hydrogens is 398 g/mol. The highest BCUT2D eigenvalue weighted by Crippen LogP contribution is 2.37. The summed E-state index contributed by atoms with van der Waals surface area (Å²) >= 11 is 0. The summed E-state index contributed by atoms with van der Waals surface area (Å²) in [6.07, 6.45) is -8.81. The number of hydrogen-bond donors (Lipinski definition) is 1. The van der Waals surface area contributed by atoms with Gasteiger partial charge in [0.15, 0.2) is 0 Å². The zero-order valence-corrected chi connectivity index (χ0v) is 15.2. The molecule has 0 fully saturated rings. The first-order valence-corrected chi connectivity index (χ1v) is 8.47. The number of hydrogen-bond acceptors (Lipinski definition) is 3. The quantitative estimate of drug-likeness (QED) is 0.420. The van der Waals surface area contributed by atoms with Gasteiger partial charge in [-0.15, -0.1) is 0 Å². The molecule has 29 heavy (non-hydrogen) atoms. The average Bonchev–Trinajstić information content (AvgIpc) is 2.60. The van der Waals surface area contributed by atoms with Crippen LogP contribution < -0.4 is 10.7 Å². The summed E-state index contributed by atoms with van der Waals surface area (Å²) in [5, 5.41) is 2.98. The van der Waals surface area contributed by atoms with Crippen molar-refractivity contribution in [3.63, 3.8) is 0 Å². The molecule has 1 N–H and O–H groups in total. The van der Waals surface area contributed by atoms with Crippen molar-refractivity contribution >= 4 is 22.2 Å². The van der Waals surface area contributed by atoms with Crippen molar-refractivity contribution in [1.82, 2.24) is 0 Å². The Labute approximate surface area is 161 Å². The summed E-state index contributed by atoms with van der Waals surface area (Å²) in [6, 6.07) is 8.92. The SMILES string of the molecule is C=C(C)c1c2ccc(=NCC(F)(F)F)cc-2oc2cc(NCC(F)(F)F)ccc12. The largest absolute Gasteiger partial charge is 0.456 e. The fraction of sp³-hybridized carbons (Fsp3) is 0.250. The summed E-state index contributed by atoms with van der Waals surface area (Å²) in [4.78, 5) is 3.51. The van der Waals surface area contributed by atoms with Crippen molar-refractivity contribution in [3.8, 4) is 11.3 Å². The van der Waals surface area contributed by atoms with E-state index in [1.807, 2.05) is 0 Å². The van der Waals surface area contributed by atoms with E-state index in [0.29, 0.717) is 22.1 Å². The number of nitrogens with zero attached hydrogens (tertiary/aromatic N) is 1. The first kappa shape index (κ1) is 20.8. The fourth-order valence-electron chi connectivity index (χ4n) is 2.93. The number of benzene rings is 2. The Morgan fingerprint density at radius 2 is 1.76 bits per heavy atom. The van der Waals surface area contributed by atoms with Crippen LogP contribution in [0.1, 0.15) is 12.5 Å². The number of halogens is 6. The van der Waals surface area contributed by atoms with Crippen LogP contribution in [-0.2, 0) is 0 Å². The van der Waals surface area contributed by atoms with E-state index in [-0.39, 0.29) is 22.4 Å². The van der Waals surface area contributed by atoms with Crippen LogP contribution in [0.4, 0.5) is 32.0 Å². The lowest BCUT2D eigenvalue weighted by molar-refractivity contribution is -0.118. The highest BCUT2D eigenvalue weighted by atomic mass is 19.4. The van der Waals surface area contributed by atoms with E-state index in [2.05, 4.69) is 16.9 Å². The summed E-state index contributed by atoms with van der Waals surface area (Å²) < 4.78 is 80.4. The highest BCUT2D eigenvalue weighted by Gasteiger charge is 2.27. The van der Waals surface area contributed by atoms with Gasteiger partial charge in [-0.25, -0.2) is 0 Å². The molecule has 0 unspecified atom stereocenters. The van der Waals surface area contributed by atoms with E-state index in [1.54, 1.807) is 19.1 Å². The van der Waals surface area contributed by atoms with Gasteiger partial charge in [0.1, 0.15) is 24.4 Å². The number of anilines is 1. The zero-order chi connectivity index (χ0) is 21.4. The average molecular weight is 414 g/mol. The topological polar surface area (TPSA) is 37.5 Å². The minimum Gasteiger partial charge on any atom is -0.456 e. The van der Waals surface area contributed by atoms with Gasteiger partial charge in [0.25, 0.3) is 0 Å². The van der Waals surface area contributed by atoms with Gasteiger partial charge in [-0.1, -0.05) is 6.58 Å². The number of allylic oxidation sites excluding steroid dienone is 1. The Morgan fingerprint density at radius 1 is 1.03 bits per heavy atom. The molecule has 154 valence electrons. The Bertz CT molecular complexity index is 1090. The lowest BCUT2D eigenvalue weighted by atomic mass is 9.95. The molecule has 1 aromatic carbocycles. The van der Waals surface area contributed by atoms with Gasteiger partial charge in [-0.05, 0) is 42.3 Å². The van der Waals surface area contributed by atoms with Gasteiger partial charge in [0.05, 0.1) is 5.36 Å². The van der Waals surface area contributed by atoms with Crippen LogP contribution in [0.15, 0.2) is 52.4 Å². The summed E-state index contributed by atoms with van der Waals surface area (Å²) in [5.74, 6) is 0.256. The third-order valence-corrected chi connectivity index (χ3v) is 4.07. The van der Waals surface area contributed by atoms with Gasteiger partial charge in [0.2, 0.25) is 0 Å². The molecule has 0 saturated carbocycles. The van der Waals surface area contributed by atoms with Gasteiger partial charge in [0, 0.05) is 28.8 Å². The van der Waals surface area contributed by atoms with Crippen LogP contribution in [0.25, 0.3) is 27.9 Å². The molecule has 1 aliphatic heterocycles. The Balaban J connectivity index is 2.14. The first-order valence-electron chi connectivity index (χ1n) is 8.47. The van der Waals surface area contributed by atoms with Crippen molar-refractivity contribution in [2.45, 2.75) is 19.3 Å². The minimum absolute atomic E-state index is 0.0805. The molecule has 9 heteroatoms. The monoisotopic (exact) mass is 414 g/mol. The van der Waals surface area contributed by atoms with Gasteiger partial charge in [-0.3, -0.25) is 4.99 Å². The molecule has 0 aromatic heterocycles. The molecule has 3 rings (SSSR count). The lowest BCUT2D eigenvalue weighted by Crippen LogP contribution is -2.21. The molecule has 0 spiro atoms. The summed E-state index contributed by atoms with van der Waals surface area (Å²) in [7, 11) is 0. The number of alkyl halides is 6. The van der Waals surface area contributed by atoms with E-state index >= 15 is 0 Å². The summed E-state index contributed by atoms with van der Waals surface area (Å²) in [6.45, 7) is 3.15. The molecule has 1 aliphatic carbocycles. The molecule has 0 amide bonds. The van der Waals surface area contributed by atoms with Gasteiger partial charge >= 0.3 is 12.4 Å². The Hall–Kier alpha value is -2.97. The molecule has 0 atom stereocenters. The Morgan fingerprint density at radius 3 is 2.38 bits per heavy atom. The number of rotatable bonds is 4. The first-order chi connectivity index (χ1) is 13.4. The van der Waals surface area contributed by atoms with E-state index < -0.39 is 25.4 Å². The van der Waals surface area contributed by atoms with Crippen molar-refractivity contribution in [1.29, 1.82) is 0 Å². The van der Waals surface area contributed by atoms with Crippen LogP contribution in [0.5, 0.6) is 0 Å². The maximum atomic E-state index is 12.4. The van der Waals surface area contributed by atoms with Crippen LogP contribution in [-0.4, -0.2) is 25.4 Å². The fourth-order valence-corrected chi connectivity index (χ4v) is 2.93. The Kier molecular flexibility index (Phi) is 5.34.